The van der Waals surface area contributed by atoms with Crippen molar-refractivity contribution >= 4 is 15.9 Å². The molecule has 2 rings (SSSR count). The number of nitrogens with zero attached hydrogens (tertiary/aromatic N) is 3. The molecule has 0 saturated carbocycles. The van der Waals surface area contributed by atoms with Gasteiger partial charge in [-0.1, -0.05) is 27.2 Å². The molecule has 0 aliphatic rings. The third-order valence-corrected chi connectivity index (χ3v) is 2.17. The normalized spacial score (nSPS) is 10.3. The highest BCUT2D eigenvalue weighted by atomic mass is 79.9. The third-order valence-electron chi connectivity index (χ3n) is 1.68. The lowest BCUT2D eigenvalue weighted by Gasteiger charge is -1.98. The van der Waals surface area contributed by atoms with Gasteiger partial charge in [-0.3, -0.25) is 0 Å². The molecule has 2 aromatic rings. The number of halogens is 1. The van der Waals surface area contributed by atoms with Crippen LogP contribution in [0.2, 0.25) is 0 Å². The summed E-state index contributed by atoms with van der Waals surface area (Å²) in [6, 6.07) is 7.93. The number of hydrogen-bond acceptors (Lipinski definition) is 2. The Labute approximate surface area is 84.5 Å². The molecule has 3 nitrogen and oxygen atoms in total. The highest BCUT2D eigenvalue weighted by Crippen LogP contribution is 2.14. The molecular weight excluding hydrogens is 230 g/mol. The number of rotatable bonds is 1. The van der Waals surface area contributed by atoms with Gasteiger partial charge in [-0.05, 0) is 25.1 Å². The summed E-state index contributed by atoms with van der Waals surface area (Å²) in [5, 5.41) is 7.89. The van der Waals surface area contributed by atoms with Crippen LogP contribution in [-0.2, 0) is 0 Å². The Kier molecular flexibility index (Phi) is 2.14. The third kappa shape index (κ3) is 1.78. The number of benzene rings is 1. The Morgan fingerprint density at radius 1 is 1.38 bits per heavy atom. The number of aromatic nitrogens is 3. The highest BCUT2D eigenvalue weighted by Gasteiger charge is 1.98. The Bertz CT molecular complexity index is 422. The fraction of sp³-hybridized carbons (Fsp3) is 0.111. The SMILES string of the molecule is Cc1cn(-c2cccc(Br)c2)nn1. The van der Waals surface area contributed by atoms with Crippen molar-refractivity contribution in [3.63, 3.8) is 0 Å². The van der Waals surface area contributed by atoms with Gasteiger partial charge in [0.25, 0.3) is 0 Å². The monoisotopic (exact) mass is 237 g/mol. The molecule has 1 aromatic carbocycles. The summed E-state index contributed by atoms with van der Waals surface area (Å²) in [4.78, 5) is 0. The summed E-state index contributed by atoms with van der Waals surface area (Å²) in [5.74, 6) is 0. The van der Waals surface area contributed by atoms with Crippen LogP contribution < -0.4 is 0 Å². The zero-order chi connectivity index (χ0) is 9.26. The average Bonchev–Trinajstić information content (AvgIpc) is 2.52. The summed E-state index contributed by atoms with van der Waals surface area (Å²) >= 11 is 3.40. The first-order chi connectivity index (χ1) is 6.25. The van der Waals surface area contributed by atoms with E-state index in [0.29, 0.717) is 0 Å². The summed E-state index contributed by atoms with van der Waals surface area (Å²) in [7, 11) is 0. The maximum Gasteiger partial charge on any atom is 0.0800 e. The molecule has 66 valence electrons. The van der Waals surface area contributed by atoms with Gasteiger partial charge in [0.05, 0.1) is 17.6 Å². The van der Waals surface area contributed by atoms with Crippen LogP contribution in [0.1, 0.15) is 5.69 Å². The molecule has 0 fully saturated rings. The second-order valence-corrected chi connectivity index (χ2v) is 3.70. The predicted molar refractivity (Wildman–Crippen MR) is 53.8 cm³/mol. The topological polar surface area (TPSA) is 30.7 Å². The van der Waals surface area contributed by atoms with E-state index in [2.05, 4.69) is 26.2 Å². The Morgan fingerprint density at radius 3 is 2.85 bits per heavy atom. The first-order valence-electron chi connectivity index (χ1n) is 3.90. The first kappa shape index (κ1) is 8.44. The lowest BCUT2D eigenvalue weighted by Crippen LogP contribution is -1.93. The van der Waals surface area contributed by atoms with Gasteiger partial charge in [-0.2, -0.15) is 0 Å². The highest BCUT2D eigenvalue weighted by molar-refractivity contribution is 9.10. The Morgan fingerprint density at radius 2 is 2.23 bits per heavy atom. The van der Waals surface area contributed by atoms with Gasteiger partial charge in [0.1, 0.15) is 0 Å². The van der Waals surface area contributed by atoms with Gasteiger partial charge in [-0.15, -0.1) is 5.10 Å². The molecule has 0 amide bonds. The summed E-state index contributed by atoms with van der Waals surface area (Å²) in [6.07, 6.45) is 1.89. The zero-order valence-corrected chi connectivity index (χ0v) is 8.69. The van der Waals surface area contributed by atoms with Crippen molar-refractivity contribution in [2.75, 3.05) is 0 Å². The molecule has 0 spiro atoms. The zero-order valence-electron chi connectivity index (χ0n) is 7.11. The van der Waals surface area contributed by atoms with Gasteiger partial charge in [0, 0.05) is 4.47 Å². The van der Waals surface area contributed by atoms with E-state index < -0.39 is 0 Å². The lowest BCUT2D eigenvalue weighted by molar-refractivity contribution is 0.800. The summed E-state index contributed by atoms with van der Waals surface area (Å²) in [5.41, 5.74) is 1.93. The second kappa shape index (κ2) is 3.30. The predicted octanol–water partition coefficient (Wildman–Crippen LogP) is 2.34. The minimum absolute atomic E-state index is 0.917. The molecule has 1 heterocycles. The summed E-state index contributed by atoms with van der Waals surface area (Å²) < 4.78 is 2.79. The van der Waals surface area contributed by atoms with Crippen LogP contribution in [0.5, 0.6) is 0 Å². The van der Waals surface area contributed by atoms with E-state index in [9.17, 15) is 0 Å². The minimum atomic E-state index is 0.917. The minimum Gasteiger partial charge on any atom is -0.220 e. The first-order valence-corrected chi connectivity index (χ1v) is 4.70. The van der Waals surface area contributed by atoms with Gasteiger partial charge in [0.15, 0.2) is 0 Å². The van der Waals surface area contributed by atoms with Crippen molar-refractivity contribution in [3.05, 3.63) is 40.6 Å². The van der Waals surface area contributed by atoms with Gasteiger partial charge in [0.2, 0.25) is 0 Å². The molecular formula is C9H8BrN3. The van der Waals surface area contributed by atoms with Crippen LogP contribution in [0.3, 0.4) is 0 Å². The van der Waals surface area contributed by atoms with E-state index in [0.717, 1.165) is 15.9 Å². The fourth-order valence-electron chi connectivity index (χ4n) is 1.09. The quantitative estimate of drug-likeness (QED) is 0.763. The van der Waals surface area contributed by atoms with E-state index in [1.807, 2.05) is 37.4 Å². The molecule has 0 N–H and O–H groups in total. The fourth-order valence-corrected chi connectivity index (χ4v) is 1.48. The van der Waals surface area contributed by atoms with Crippen molar-refractivity contribution in [1.29, 1.82) is 0 Å². The van der Waals surface area contributed by atoms with Gasteiger partial charge < -0.3 is 0 Å². The van der Waals surface area contributed by atoms with Crippen molar-refractivity contribution in [2.45, 2.75) is 6.92 Å². The molecule has 4 heteroatoms. The molecule has 0 saturated heterocycles. The molecule has 1 aromatic heterocycles. The van der Waals surface area contributed by atoms with Crippen LogP contribution in [-0.4, -0.2) is 15.0 Å². The molecule has 0 aliphatic heterocycles. The Balaban J connectivity index is 2.46. The molecule has 13 heavy (non-hydrogen) atoms. The molecule has 0 bridgehead atoms. The van der Waals surface area contributed by atoms with E-state index >= 15 is 0 Å². The molecule has 0 radical (unpaired) electrons. The van der Waals surface area contributed by atoms with Crippen molar-refractivity contribution in [2.24, 2.45) is 0 Å². The number of hydrogen-bond donors (Lipinski definition) is 0. The maximum absolute atomic E-state index is 3.97. The van der Waals surface area contributed by atoms with E-state index in [1.54, 1.807) is 4.68 Å². The number of aryl methyl sites for hydroxylation is 1. The van der Waals surface area contributed by atoms with Crippen LogP contribution in [0.25, 0.3) is 5.69 Å². The Hall–Kier alpha value is -1.16. The van der Waals surface area contributed by atoms with E-state index in [1.165, 1.54) is 0 Å². The van der Waals surface area contributed by atoms with Crippen molar-refractivity contribution in [1.82, 2.24) is 15.0 Å². The van der Waals surface area contributed by atoms with Crippen molar-refractivity contribution in [3.8, 4) is 5.69 Å². The average molecular weight is 238 g/mol. The van der Waals surface area contributed by atoms with Gasteiger partial charge >= 0.3 is 0 Å². The van der Waals surface area contributed by atoms with E-state index in [4.69, 9.17) is 0 Å². The van der Waals surface area contributed by atoms with Crippen LogP contribution >= 0.6 is 15.9 Å². The standard InChI is InChI=1S/C9H8BrN3/c1-7-6-13(12-11-7)9-4-2-3-8(10)5-9/h2-6H,1H3. The van der Waals surface area contributed by atoms with Gasteiger partial charge in [-0.25, -0.2) is 4.68 Å². The maximum atomic E-state index is 3.97. The van der Waals surface area contributed by atoms with Crippen LogP contribution in [0.4, 0.5) is 0 Å². The lowest BCUT2D eigenvalue weighted by atomic mass is 10.3. The second-order valence-electron chi connectivity index (χ2n) is 2.78. The smallest absolute Gasteiger partial charge is 0.0800 e. The van der Waals surface area contributed by atoms with Crippen LogP contribution in [0, 0.1) is 6.92 Å². The molecule has 0 aliphatic carbocycles. The van der Waals surface area contributed by atoms with E-state index in [-0.39, 0.29) is 0 Å². The molecule has 0 atom stereocenters. The van der Waals surface area contributed by atoms with Crippen LogP contribution in [0.15, 0.2) is 34.9 Å². The summed E-state index contributed by atoms with van der Waals surface area (Å²) in [6.45, 7) is 1.92. The van der Waals surface area contributed by atoms with Crippen molar-refractivity contribution < 1.29 is 0 Å². The molecule has 0 unspecified atom stereocenters. The largest absolute Gasteiger partial charge is 0.220 e.